The van der Waals surface area contributed by atoms with Gasteiger partial charge in [-0.2, -0.15) is 0 Å². The molecule has 0 saturated heterocycles. The molecule has 0 bridgehead atoms. The lowest BCUT2D eigenvalue weighted by atomic mass is 10.4. The fourth-order valence-corrected chi connectivity index (χ4v) is 0. The lowest BCUT2D eigenvalue weighted by Crippen LogP contribution is -2.18. The van der Waals surface area contributed by atoms with Crippen molar-refractivity contribution in [3.8, 4) is 0 Å². The Morgan fingerprint density at radius 2 is 2.67 bits per heavy atom. The van der Waals surface area contributed by atoms with Gasteiger partial charge in [0.25, 0.3) is 0 Å². The Kier molecular flexibility index (Phi) is 2.82. The smallest absolute Gasteiger partial charge is 0.0579 e. The van der Waals surface area contributed by atoms with Gasteiger partial charge in [0.05, 0.1) is 6.61 Å². The summed E-state index contributed by atoms with van der Waals surface area (Å²) in [5.41, 5.74) is 4.94. The van der Waals surface area contributed by atoms with E-state index in [0.717, 1.165) is 0 Å². The topological polar surface area (TPSA) is 46.2 Å². The fraction of sp³-hybridized carbons (Fsp3) is 1.00. The first-order chi connectivity index (χ1) is 3.48. The van der Waals surface area contributed by atoms with Crippen molar-refractivity contribution in [3.63, 3.8) is 0 Å². The lowest BCUT2D eigenvalue weighted by Gasteiger charge is -1.91. The molecule has 0 heterocycles. The van der Waals surface area contributed by atoms with Crippen LogP contribution >= 0.6 is 12.4 Å². The van der Waals surface area contributed by atoms with Crippen LogP contribution in [0.4, 0.5) is 0 Å². The summed E-state index contributed by atoms with van der Waals surface area (Å²) in [5, 5.41) is 8.19. The van der Waals surface area contributed by atoms with Gasteiger partial charge in [-0.05, 0) is 6.85 Å². The normalized spacial score (nSPS) is 22.0. The molecule has 40 valence electrons. The minimum absolute atomic E-state index is 0. The van der Waals surface area contributed by atoms with Gasteiger partial charge in [0.2, 0.25) is 0 Å². The zero-order valence-electron chi connectivity index (χ0n) is 6.22. The number of hydrogen-bond acceptors (Lipinski definition) is 2. The second-order valence-corrected chi connectivity index (χ2v) is 0.789. The molecule has 0 fully saturated rings. The summed E-state index contributed by atoms with van der Waals surface area (Å²) in [4.78, 5) is 0. The monoisotopic (exact) mass is 114 g/mol. The lowest BCUT2D eigenvalue weighted by molar-refractivity contribution is 0.273. The standard InChI is InChI=1S/C3H9NO.ClH/c1-3(4)2-5;/h3,5H,2,4H2,1H3;1H/t3-;/m1./s1/i1D3;. The second-order valence-electron chi connectivity index (χ2n) is 0.789. The zero-order chi connectivity index (χ0) is 6.78. The van der Waals surface area contributed by atoms with Crippen molar-refractivity contribution in [1.29, 1.82) is 0 Å². The number of nitrogens with two attached hydrogens (primary N) is 1. The van der Waals surface area contributed by atoms with Gasteiger partial charge >= 0.3 is 0 Å². The van der Waals surface area contributed by atoms with Crippen molar-refractivity contribution in [2.75, 3.05) is 6.61 Å². The molecule has 3 N–H and O–H groups in total. The molecule has 0 aliphatic rings. The van der Waals surface area contributed by atoms with E-state index in [4.69, 9.17) is 15.0 Å². The van der Waals surface area contributed by atoms with Crippen molar-refractivity contribution in [2.24, 2.45) is 5.73 Å². The molecule has 0 aromatic heterocycles. The predicted octanol–water partition coefficient (Wildman–Crippen LogP) is -0.252. The van der Waals surface area contributed by atoms with E-state index in [2.05, 4.69) is 0 Å². The highest BCUT2D eigenvalue weighted by atomic mass is 35.5. The van der Waals surface area contributed by atoms with Crippen LogP contribution in [0.1, 0.15) is 11.0 Å². The first kappa shape index (κ1) is 3.24. The van der Waals surface area contributed by atoms with Crippen LogP contribution in [0, 0.1) is 0 Å². The largest absolute Gasteiger partial charge is 0.395 e. The minimum atomic E-state index is -2.21. The summed E-state index contributed by atoms with van der Waals surface area (Å²) in [6, 6.07) is -1.09. The first-order valence-corrected chi connectivity index (χ1v) is 1.35. The van der Waals surface area contributed by atoms with E-state index in [9.17, 15) is 0 Å². The summed E-state index contributed by atoms with van der Waals surface area (Å²) in [5.74, 6) is 0. The molecule has 0 aliphatic heterocycles. The van der Waals surface area contributed by atoms with Crippen molar-refractivity contribution in [2.45, 2.75) is 12.9 Å². The molecule has 6 heavy (non-hydrogen) atoms. The molecule has 0 saturated carbocycles. The third kappa shape index (κ3) is 8.88. The Hall–Kier alpha value is 0.210. The molecule has 0 aliphatic carbocycles. The molecule has 0 spiro atoms. The molecule has 3 heteroatoms. The molecular weight excluding hydrogens is 101 g/mol. The van der Waals surface area contributed by atoms with Crippen LogP contribution in [0.5, 0.6) is 0 Å². The van der Waals surface area contributed by atoms with E-state index in [0.29, 0.717) is 0 Å². The maximum Gasteiger partial charge on any atom is 0.0579 e. The highest BCUT2D eigenvalue weighted by Gasteiger charge is 1.81. The Morgan fingerprint density at radius 3 is 2.67 bits per heavy atom. The average Bonchev–Trinajstić information content (AvgIpc) is 1.62. The maximum atomic E-state index is 8.19. The van der Waals surface area contributed by atoms with E-state index < -0.39 is 19.5 Å². The van der Waals surface area contributed by atoms with E-state index >= 15 is 0 Å². The number of aliphatic hydroxyl groups is 1. The van der Waals surface area contributed by atoms with Gasteiger partial charge in [-0.15, -0.1) is 12.4 Å². The SMILES string of the molecule is Cl.[2H]C([2H])([2H])[C@@H](N)CO. The van der Waals surface area contributed by atoms with E-state index in [-0.39, 0.29) is 12.4 Å². The number of aliphatic hydroxyl groups excluding tert-OH is 1. The number of hydrogen-bond donors (Lipinski definition) is 2. The molecular formula is C3H10ClNO. The first-order valence-electron chi connectivity index (χ1n) is 2.85. The summed E-state index contributed by atoms with van der Waals surface area (Å²) < 4.78 is 19.8. The Labute approximate surface area is 48.0 Å². The van der Waals surface area contributed by atoms with Crippen LogP contribution in [0.2, 0.25) is 0 Å². The van der Waals surface area contributed by atoms with Gasteiger partial charge in [-0.25, -0.2) is 0 Å². The molecule has 0 radical (unpaired) electrons. The van der Waals surface area contributed by atoms with Gasteiger partial charge in [-0.3, -0.25) is 0 Å². The third-order valence-corrected chi connectivity index (χ3v) is 0.197. The molecule has 2 nitrogen and oxygen atoms in total. The quantitative estimate of drug-likeness (QED) is 0.494. The predicted molar refractivity (Wildman–Crippen MR) is 28.0 cm³/mol. The summed E-state index contributed by atoms with van der Waals surface area (Å²) in [6.07, 6.45) is 0. The van der Waals surface area contributed by atoms with Crippen molar-refractivity contribution in [1.82, 2.24) is 0 Å². The van der Waals surface area contributed by atoms with Crippen LogP contribution in [0.3, 0.4) is 0 Å². The van der Waals surface area contributed by atoms with Gasteiger partial charge in [0.15, 0.2) is 0 Å². The molecule has 1 atom stereocenters. The molecule has 0 aromatic carbocycles. The van der Waals surface area contributed by atoms with Crippen LogP contribution < -0.4 is 5.73 Å². The van der Waals surface area contributed by atoms with E-state index in [1.54, 1.807) is 0 Å². The van der Waals surface area contributed by atoms with Gasteiger partial charge < -0.3 is 10.8 Å². The van der Waals surface area contributed by atoms with Gasteiger partial charge in [0, 0.05) is 10.2 Å². The highest BCUT2D eigenvalue weighted by Crippen LogP contribution is 1.62. The fourth-order valence-electron chi connectivity index (χ4n) is 0. The van der Waals surface area contributed by atoms with Crippen LogP contribution in [0.25, 0.3) is 0 Å². The van der Waals surface area contributed by atoms with Crippen LogP contribution in [-0.2, 0) is 0 Å². The molecule has 0 unspecified atom stereocenters. The minimum Gasteiger partial charge on any atom is -0.395 e. The van der Waals surface area contributed by atoms with Crippen molar-refractivity contribution < 1.29 is 9.22 Å². The second kappa shape index (κ2) is 5.21. The summed E-state index contributed by atoms with van der Waals surface area (Å²) in [6.45, 7) is -2.70. The third-order valence-electron chi connectivity index (χ3n) is 0.197. The Balaban J connectivity index is 0. The zero-order valence-corrected chi connectivity index (χ0v) is 4.03. The average molecular weight is 115 g/mol. The Morgan fingerprint density at radius 1 is 2.17 bits per heavy atom. The molecule has 0 rings (SSSR count). The van der Waals surface area contributed by atoms with Gasteiger partial charge in [0.1, 0.15) is 0 Å². The highest BCUT2D eigenvalue weighted by molar-refractivity contribution is 5.85. The van der Waals surface area contributed by atoms with Crippen LogP contribution in [-0.4, -0.2) is 17.8 Å². The van der Waals surface area contributed by atoms with Crippen molar-refractivity contribution >= 4 is 12.4 Å². The summed E-state index contributed by atoms with van der Waals surface area (Å²) >= 11 is 0. The number of rotatable bonds is 1. The van der Waals surface area contributed by atoms with E-state index in [1.165, 1.54) is 0 Å². The molecule has 0 aromatic rings. The maximum absolute atomic E-state index is 8.19. The van der Waals surface area contributed by atoms with Crippen molar-refractivity contribution in [3.05, 3.63) is 0 Å². The Bertz CT molecular complexity index is 75.9. The summed E-state index contributed by atoms with van der Waals surface area (Å²) in [7, 11) is 0. The molecule has 0 amide bonds. The van der Waals surface area contributed by atoms with Crippen LogP contribution in [0.15, 0.2) is 0 Å². The van der Waals surface area contributed by atoms with Gasteiger partial charge in [-0.1, -0.05) is 0 Å². The van der Waals surface area contributed by atoms with E-state index in [1.807, 2.05) is 0 Å². The number of halogens is 1.